The van der Waals surface area contributed by atoms with Crippen LogP contribution in [0.5, 0.6) is 0 Å². The summed E-state index contributed by atoms with van der Waals surface area (Å²) in [4.78, 5) is 25.2. The number of carbonyl (C=O) groups is 1. The minimum absolute atomic E-state index is 0.0749. The van der Waals surface area contributed by atoms with Crippen LogP contribution in [0.1, 0.15) is 17.5 Å². The zero-order valence-electron chi connectivity index (χ0n) is 17.3. The van der Waals surface area contributed by atoms with Gasteiger partial charge in [-0.25, -0.2) is 4.39 Å². The van der Waals surface area contributed by atoms with Gasteiger partial charge in [0.1, 0.15) is 5.82 Å². The highest BCUT2D eigenvalue weighted by Crippen LogP contribution is 2.22. The van der Waals surface area contributed by atoms with E-state index in [-0.39, 0.29) is 28.1 Å². The molecule has 4 aromatic rings. The van der Waals surface area contributed by atoms with Gasteiger partial charge in [-0.2, -0.15) is 0 Å². The van der Waals surface area contributed by atoms with E-state index in [1.54, 1.807) is 10.5 Å². The van der Waals surface area contributed by atoms with Gasteiger partial charge in [0.25, 0.3) is 5.56 Å². The van der Waals surface area contributed by atoms with Crippen molar-refractivity contribution in [3.05, 3.63) is 69.8 Å². The van der Waals surface area contributed by atoms with E-state index in [1.807, 2.05) is 37.4 Å². The van der Waals surface area contributed by atoms with Crippen molar-refractivity contribution in [2.45, 2.75) is 31.5 Å². The molecule has 2 heterocycles. The molecule has 0 bridgehead atoms. The van der Waals surface area contributed by atoms with Crippen LogP contribution >= 0.6 is 11.8 Å². The Morgan fingerprint density at radius 1 is 1.16 bits per heavy atom. The highest BCUT2D eigenvalue weighted by atomic mass is 32.2. The van der Waals surface area contributed by atoms with Gasteiger partial charge >= 0.3 is 0 Å². The summed E-state index contributed by atoms with van der Waals surface area (Å²) in [5.74, 6) is -0.280. The lowest BCUT2D eigenvalue weighted by Gasteiger charge is -2.12. The topological polar surface area (TPSA) is 81.3 Å². The van der Waals surface area contributed by atoms with E-state index in [2.05, 4.69) is 15.5 Å². The Labute approximate surface area is 182 Å². The highest BCUT2D eigenvalue weighted by Gasteiger charge is 2.18. The van der Waals surface area contributed by atoms with E-state index >= 15 is 0 Å². The average Bonchev–Trinajstić information content (AvgIpc) is 3.18. The minimum Gasteiger partial charge on any atom is -0.356 e. The number of halogens is 1. The van der Waals surface area contributed by atoms with Crippen LogP contribution in [0.2, 0.25) is 0 Å². The lowest BCUT2D eigenvalue weighted by molar-refractivity contribution is -0.120. The molecule has 0 aliphatic rings. The fourth-order valence-corrected chi connectivity index (χ4v) is 4.01. The normalized spacial score (nSPS) is 11.3. The summed E-state index contributed by atoms with van der Waals surface area (Å²) in [6.07, 6.45) is 2.65. The molecule has 0 aliphatic carbocycles. The van der Waals surface area contributed by atoms with E-state index in [0.29, 0.717) is 31.1 Å². The summed E-state index contributed by atoms with van der Waals surface area (Å²) < 4.78 is 17.6. The zero-order valence-corrected chi connectivity index (χ0v) is 18.1. The molecule has 0 spiro atoms. The lowest BCUT2D eigenvalue weighted by atomic mass is 10.1. The van der Waals surface area contributed by atoms with Gasteiger partial charge < -0.3 is 5.32 Å². The van der Waals surface area contributed by atoms with Gasteiger partial charge in [-0.3, -0.25) is 18.6 Å². The van der Waals surface area contributed by atoms with Crippen LogP contribution in [0.4, 0.5) is 4.39 Å². The quantitative estimate of drug-likeness (QED) is 0.354. The predicted octanol–water partition coefficient (Wildman–Crippen LogP) is 2.96. The first-order chi connectivity index (χ1) is 15.0. The Morgan fingerprint density at radius 2 is 1.94 bits per heavy atom. The van der Waals surface area contributed by atoms with Crippen LogP contribution < -0.4 is 10.9 Å². The number of nitrogens with one attached hydrogen (secondary N) is 1. The van der Waals surface area contributed by atoms with Crippen LogP contribution in [0.25, 0.3) is 16.7 Å². The van der Waals surface area contributed by atoms with Crippen LogP contribution in [0.3, 0.4) is 0 Å². The predicted molar refractivity (Wildman–Crippen MR) is 119 cm³/mol. The number of nitrogens with zero attached hydrogens (tertiary/aromatic N) is 4. The number of aromatic nitrogens is 4. The van der Waals surface area contributed by atoms with Crippen molar-refractivity contribution in [1.29, 1.82) is 0 Å². The summed E-state index contributed by atoms with van der Waals surface area (Å²) in [6.45, 7) is 2.74. The minimum atomic E-state index is -0.495. The molecule has 7 nitrogen and oxygen atoms in total. The Bertz CT molecular complexity index is 1310. The van der Waals surface area contributed by atoms with Gasteiger partial charge in [-0.1, -0.05) is 47.7 Å². The van der Waals surface area contributed by atoms with Gasteiger partial charge in [0, 0.05) is 13.1 Å². The Balaban J connectivity index is 1.51. The van der Waals surface area contributed by atoms with Gasteiger partial charge in [0.15, 0.2) is 5.16 Å². The first-order valence-electron chi connectivity index (χ1n) is 9.92. The molecule has 4 rings (SSSR count). The summed E-state index contributed by atoms with van der Waals surface area (Å²) in [7, 11) is 0. The number of hydrogen-bond acceptors (Lipinski definition) is 5. The van der Waals surface area contributed by atoms with Crippen molar-refractivity contribution in [1.82, 2.24) is 24.5 Å². The third-order valence-electron chi connectivity index (χ3n) is 5.09. The monoisotopic (exact) mass is 439 g/mol. The number of hydrogen-bond donors (Lipinski definition) is 1. The van der Waals surface area contributed by atoms with Crippen molar-refractivity contribution in [2.24, 2.45) is 0 Å². The fraction of sp³-hybridized carbons (Fsp3) is 0.273. The van der Waals surface area contributed by atoms with Crippen molar-refractivity contribution in [3.63, 3.8) is 0 Å². The van der Waals surface area contributed by atoms with Crippen LogP contribution in [-0.4, -0.2) is 37.9 Å². The molecule has 160 valence electrons. The number of carbonyl (C=O) groups excluding carboxylic acids is 1. The first kappa shape index (κ1) is 21.0. The van der Waals surface area contributed by atoms with Crippen LogP contribution in [-0.2, 0) is 17.8 Å². The van der Waals surface area contributed by atoms with Gasteiger partial charge in [-0.15, -0.1) is 10.2 Å². The third-order valence-corrected chi connectivity index (χ3v) is 5.72. The molecule has 1 amide bonds. The molecule has 31 heavy (non-hydrogen) atoms. The molecule has 2 aromatic carbocycles. The maximum atomic E-state index is 14.5. The number of amides is 1. The highest BCUT2D eigenvalue weighted by molar-refractivity contribution is 7.98. The van der Waals surface area contributed by atoms with Crippen molar-refractivity contribution < 1.29 is 9.18 Å². The zero-order chi connectivity index (χ0) is 22.0. The molecule has 0 fully saturated rings. The SMILES string of the molecule is CSc1nnc2n(CCCNC(=O)Cc3ccc(C)cc3)c(=O)c3cccc(F)c3n12. The number of aryl methyl sites for hydroxylation is 2. The molecule has 0 saturated carbocycles. The van der Waals surface area contributed by atoms with Gasteiger partial charge in [-0.05, 0) is 37.3 Å². The van der Waals surface area contributed by atoms with Crippen molar-refractivity contribution >= 4 is 34.3 Å². The second-order valence-corrected chi connectivity index (χ2v) is 8.05. The number of para-hydroxylation sites is 1. The Kier molecular flexibility index (Phi) is 6.03. The van der Waals surface area contributed by atoms with E-state index in [0.717, 1.165) is 11.1 Å². The van der Waals surface area contributed by atoms with E-state index < -0.39 is 5.82 Å². The number of fused-ring (bicyclic) bond motifs is 3. The summed E-state index contributed by atoms with van der Waals surface area (Å²) >= 11 is 1.33. The summed E-state index contributed by atoms with van der Waals surface area (Å²) in [5, 5.41) is 11.9. The van der Waals surface area contributed by atoms with Gasteiger partial charge in [0.2, 0.25) is 11.7 Å². The molecule has 0 unspecified atom stereocenters. The summed E-state index contributed by atoms with van der Waals surface area (Å²) in [5.41, 5.74) is 1.95. The maximum Gasteiger partial charge on any atom is 0.262 e. The number of benzene rings is 2. The third kappa shape index (κ3) is 4.18. The Hall–Kier alpha value is -3.20. The molecular weight excluding hydrogens is 417 g/mol. The molecule has 1 N–H and O–H groups in total. The standard InChI is InChI=1S/C22H22FN5O2S/c1-14-7-9-15(10-8-14)13-18(29)24-11-4-12-27-20(30)16-5-3-6-17(23)19(16)28-21(27)25-26-22(28)31-2/h3,5-10H,4,11-13H2,1-2H3,(H,24,29). The molecule has 9 heteroatoms. The van der Waals surface area contributed by atoms with Crippen LogP contribution in [0.15, 0.2) is 52.4 Å². The lowest BCUT2D eigenvalue weighted by Crippen LogP contribution is -2.29. The smallest absolute Gasteiger partial charge is 0.262 e. The first-order valence-corrected chi connectivity index (χ1v) is 11.1. The fourth-order valence-electron chi connectivity index (χ4n) is 3.54. The molecule has 0 saturated heterocycles. The molecular formula is C22H22FN5O2S. The summed E-state index contributed by atoms with van der Waals surface area (Å²) in [6, 6.07) is 12.3. The van der Waals surface area contributed by atoms with E-state index in [4.69, 9.17) is 0 Å². The molecule has 2 aromatic heterocycles. The average molecular weight is 440 g/mol. The molecule has 0 radical (unpaired) electrons. The van der Waals surface area contributed by atoms with E-state index in [1.165, 1.54) is 28.5 Å². The molecule has 0 aliphatic heterocycles. The second-order valence-electron chi connectivity index (χ2n) is 7.28. The van der Waals surface area contributed by atoms with Crippen molar-refractivity contribution in [2.75, 3.05) is 12.8 Å². The number of rotatable bonds is 7. The van der Waals surface area contributed by atoms with Crippen molar-refractivity contribution in [3.8, 4) is 0 Å². The van der Waals surface area contributed by atoms with Crippen LogP contribution in [0, 0.1) is 12.7 Å². The Morgan fingerprint density at radius 3 is 2.68 bits per heavy atom. The van der Waals surface area contributed by atoms with Gasteiger partial charge in [0.05, 0.1) is 17.3 Å². The second kappa shape index (κ2) is 8.89. The van der Waals surface area contributed by atoms with E-state index in [9.17, 15) is 14.0 Å². The number of thioether (sulfide) groups is 1. The molecule has 0 atom stereocenters. The largest absolute Gasteiger partial charge is 0.356 e. The maximum absolute atomic E-state index is 14.5.